The maximum atomic E-state index is 13.2. The Balaban J connectivity index is 1.87. The van der Waals surface area contributed by atoms with E-state index in [1.54, 1.807) is 6.33 Å². The molecule has 3 saturated carbocycles. The highest BCUT2D eigenvalue weighted by molar-refractivity contribution is 9.08. The lowest BCUT2D eigenvalue weighted by Crippen LogP contribution is -2.47. The molecule has 0 aromatic carbocycles. The number of fused-ring (bicyclic) bond motifs is 3. The highest BCUT2D eigenvalue weighted by Crippen LogP contribution is 2.59. The van der Waals surface area contributed by atoms with Gasteiger partial charge in [-0.25, -0.2) is 18.7 Å². The van der Waals surface area contributed by atoms with E-state index < -0.39 is 11.8 Å². The first kappa shape index (κ1) is 13.4. The summed E-state index contributed by atoms with van der Waals surface area (Å²) in [6.07, 6.45) is 3.87. The summed E-state index contributed by atoms with van der Waals surface area (Å²) in [4.78, 5) is 8.62. The Bertz CT molecular complexity index is 454. The van der Waals surface area contributed by atoms with Gasteiger partial charge in [-0.3, -0.25) is 0 Å². The summed E-state index contributed by atoms with van der Waals surface area (Å²) in [5, 5.41) is 0.708. The average molecular weight is 331 g/mol. The molecular weight excluding hydrogens is 314 g/mol. The SMILES string of the molecule is FC(F)C12CCC(c3cc(CBr)ncn3)(CC1)CC2. The molecule has 2 bridgehead atoms. The monoisotopic (exact) mass is 330 g/mol. The van der Waals surface area contributed by atoms with Crippen LogP contribution in [0.25, 0.3) is 0 Å². The lowest BCUT2D eigenvalue weighted by molar-refractivity contribution is -0.0852. The summed E-state index contributed by atoms with van der Waals surface area (Å²) in [6.45, 7) is 0. The summed E-state index contributed by atoms with van der Waals surface area (Å²) in [5.74, 6) is 0. The molecule has 104 valence electrons. The van der Waals surface area contributed by atoms with E-state index in [0.29, 0.717) is 24.6 Å². The molecule has 1 heterocycles. The quantitative estimate of drug-likeness (QED) is 0.775. The van der Waals surface area contributed by atoms with Gasteiger partial charge in [0.05, 0.1) is 11.4 Å². The van der Waals surface area contributed by atoms with Gasteiger partial charge < -0.3 is 0 Å². The number of hydrogen-bond acceptors (Lipinski definition) is 2. The Hall–Kier alpha value is -0.580. The molecule has 0 unspecified atom stereocenters. The Morgan fingerprint density at radius 3 is 2.26 bits per heavy atom. The predicted molar refractivity (Wildman–Crippen MR) is 72.5 cm³/mol. The van der Waals surface area contributed by atoms with Crippen LogP contribution in [-0.4, -0.2) is 16.4 Å². The zero-order chi connectivity index (χ0) is 13.5. The van der Waals surface area contributed by atoms with Gasteiger partial charge in [-0.15, -0.1) is 0 Å². The van der Waals surface area contributed by atoms with Gasteiger partial charge in [0.1, 0.15) is 6.33 Å². The lowest BCUT2D eigenvalue weighted by Gasteiger charge is -2.52. The first-order chi connectivity index (χ1) is 9.10. The Kier molecular flexibility index (Phi) is 3.36. The van der Waals surface area contributed by atoms with E-state index in [0.717, 1.165) is 30.7 Å². The van der Waals surface area contributed by atoms with Gasteiger partial charge in [0.25, 0.3) is 0 Å². The van der Waals surface area contributed by atoms with Crippen molar-refractivity contribution >= 4 is 15.9 Å². The fourth-order valence-corrected chi connectivity index (χ4v) is 3.99. The molecule has 1 aromatic heterocycles. The first-order valence-electron chi connectivity index (χ1n) is 6.76. The number of rotatable bonds is 3. The molecule has 3 aliphatic rings. The fourth-order valence-electron chi connectivity index (χ4n) is 3.69. The third-order valence-corrected chi connectivity index (χ3v) is 5.75. The summed E-state index contributed by atoms with van der Waals surface area (Å²) in [5.41, 5.74) is 1.35. The van der Waals surface area contributed by atoms with Crippen molar-refractivity contribution in [2.24, 2.45) is 5.41 Å². The summed E-state index contributed by atoms with van der Waals surface area (Å²) in [7, 11) is 0. The molecule has 1 aromatic rings. The minimum atomic E-state index is -2.17. The molecule has 0 atom stereocenters. The summed E-state index contributed by atoms with van der Waals surface area (Å²) in [6, 6.07) is 2.04. The number of nitrogens with zero attached hydrogens (tertiary/aromatic N) is 2. The topological polar surface area (TPSA) is 25.8 Å². The molecule has 19 heavy (non-hydrogen) atoms. The second kappa shape index (κ2) is 4.76. The molecule has 0 aliphatic heterocycles. The third-order valence-electron chi connectivity index (χ3n) is 5.17. The van der Waals surface area contributed by atoms with Crippen LogP contribution in [-0.2, 0) is 10.7 Å². The third kappa shape index (κ3) is 2.10. The molecule has 3 aliphatic carbocycles. The van der Waals surface area contributed by atoms with Crippen LogP contribution < -0.4 is 0 Å². The lowest BCUT2D eigenvalue weighted by atomic mass is 9.53. The molecular formula is C14H17BrF2N2. The molecule has 4 rings (SSSR count). The predicted octanol–water partition coefficient (Wildman–Crippen LogP) is 4.23. The van der Waals surface area contributed by atoms with Crippen LogP contribution in [0.2, 0.25) is 0 Å². The molecule has 5 heteroatoms. The maximum absolute atomic E-state index is 13.2. The number of halogens is 3. The molecule has 0 N–H and O–H groups in total. The van der Waals surface area contributed by atoms with Crippen LogP contribution in [0.4, 0.5) is 8.78 Å². The van der Waals surface area contributed by atoms with Crippen molar-refractivity contribution < 1.29 is 8.78 Å². The number of alkyl halides is 3. The van der Waals surface area contributed by atoms with E-state index in [1.807, 2.05) is 6.07 Å². The molecule has 0 amide bonds. The van der Waals surface area contributed by atoms with Crippen LogP contribution >= 0.6 is 15.9 Å². The number of hydrogen-bond donors (Lipinski definition) is 0. The zero-order valence-corrected chi connectivity index (χ0v) is 12.3. The second-order valence-electron chi connectivity index (χ2n) is 5.97. The zero-order valence-electron chi connectivity index (χ0n) is 10.7. The van der Waals surface area contributed by atoms with E-state index in [-0.39, 0.29) is 5.41 Å². The van der Waals surface area contributed by atoms with Crippen LogP contribution in [0.1, 0.15) is 49.9 Å². The van der Waals surface area contributed by atoms with Crippen molar-refractivity contribution in [3.8, 4) is 0 Å². The van der Waals surface area contributed by atoms with E-state index in [9.17, 15) is 8.78 Å². The van der Waals surface area contributed by atoms with Crippen LogP contribution in [0.15, 0.2) is 12.4 Å². The van der Waals surface area contributed by atoms with Crippen LogP contribution in [0.5, 0.6) is 0 Å². The van der Waals surface area contributed by atoms with Gasteiger partial charge in [0, 0.05) is 16.2 Å². The standard InChI is InChI=1S/C14H17BrF2N2/c15-8-10-7-11(19-9-18-10)13-1-4-14(5-2-13,6-3-13)12(16)17/h7,9,12H,1-6,8H2. The summed E-state index contributed by atoms with van der Waals surface area (Å²) >= 11 is 3.40. The smallest absolute Gasteiger partial charge is 0.241 e. The minimum Gasteiger partial charge on any atom is -0.241 e. The highest BCUT2D eigenvalue weighted by atomic mass is 79.9. The molecule has 2 nitrogen and oxygen atoms in total. The van der Waals surface area contributed by atoms with Gasteiger partial charge >= 0.3 is 0 Å². The van der Waals surface area contributed by atoms with Gasteiger partial charge in [0.15, 0.2) is 0 Å². The van der Waals surface area contributed by atoms with E-state index in [4.69, 9.17) is 0 Å². The van der Waals surface area contributed by atoms with E-state index >= 15 is 0 Å². The van der Waals surface area contributed by atoms with Crippen molar-refractivity contribution in [3.05, 3.63) is 23.8 Å². The Labute approximate surface area is 120 Å². The van der Waals surface area contributed by atoms with Gasteiger partial charge in [-0.1, -0.05) is 15.9 Å². The van der Waals surface area contributed by atoms with Crippen molar-refractivity contribution in [2.45, 2.75) is 55.7 Å². The van der Waals surface area contributed by atoms with Crippen molar-refractivity contribution in [2.75, 3.05) is 0 Å². The van der Waals surface area contributed by atoms with E-state index in [1.165, 1.54) is 0 Å². The molecule has 0 saturated heterocycles. The molecule has 3 fully saturated rings. The Morgan fingerprint density at radius 2 is 1.74 bits per heavy atom. The van der Waals surface area contributed by atoms with Crippen LogP contribution in [0.3, 0.4) is 0 Å². The maximum Gasteiger partial charge on any atom is 0.244 e. The summed E-state index contributed by atoms with van der Waals surface area (Å²) < 4.78 is 26.4. The molecule has 0 radical (unpaired) electrons. The van der Waals surface area contributed by atoms with Crippen LogP contribution in [0, 0.1) is 5.41 Å². The van der Waals surface area contributed by atoms with Gasteiger partial charge in [-0.05, 0) is 44.6 Å². The second-order valence-corrected chi connectivity index (χ2v) is 6.53. The van der Waals surface area contributed by atoms with Gasteiger partial charge in [0.2, 0.25) is 6.43 Å². The largest absolute Gasteiger partial charge is 0.244 e. The van der Waals surface area contributed by atoms with Crippen molar-refractivity contribution in [3.63, 3.8) is 0 Å². The Morgan fingerprint density at radius 1 is 1.11 bits per heavy atom. The minimum absolute atomic E-state index is 0.0243. The normalized spacial score (nSPS) is 33.9. The van der Waals surface area contributed by atoms with Gasteiger partial charge in [-0.2, -0.15) is 0 Å². The van der Waals surface area contributed by atoms with E-state index in [2.05, 4.69) is 25.9 Å². The fraction of sp³-hybridized carbons (Fsp3) is 0.714. The highest BCUT2D eigenvalue weighted by Gasteiger charge is 2.54. The van der Waals surface area contributed by atoms with Crippen molar-refractivity contribution in [1.82, 2.24) is 9.97 Å². The molecule has 0 spiro atoms. The average Bonchev–Trinajstić information content (AvgIpc) is 2.49. The van der Waals surface area contributed by atoms with Crippen molar-refractivity contribution in [1.29, 1.82) is 0 Å². The first-order valence-corrected chi connectivity index (χ1v) is 7.88. The number of aromatic nitrogens is 2.